The summed E-state index contributed by atoms with van der Waals surface area (Å²) in [6, 6.07) is 6.53. The van der Waals surface area contributed by atoms with E-state index in [1.54, 1.807) is 12.1 Å². The lowest BCUT2D eigenvalue weighted by atomic mass is 10.1. The minimum atomic E-state index is -0.394. The Balaban J connectivity index is 1.97. The quantitative estimate of drug-likeness (QED) is 0.603. The highest BCUT2D eigenvalue weighted by Crippen LogP contribution is 2.18. The van der Waals surface area contributed by atoms with E-state index in [4.69, 9.17) is 4.74 Å². The first-order valence-corrected chi connectivity index (χ1v) is 5.89. The Bertz CT molecular complexity index is 436. The molecule has 96 valence electrons. The summed E-state index contributed by atoms with van der Waals surface area (Å²) in [5.41, 5.74) is 2.04. The maximum absolute atomic E-state index is 10.6. The van der Waals surface area contributed by atoms with Gasteiger partial charge in [0.1, 0.15) is 0 Å². The first kappa shape index (κ1) is 12.7. The molecule has 18 heavy (non-hydrogen) atoms. The van der Waals surface area contributed by atoms with Crippen LogP contribution in [0.1, 0.15) is 5.56 Å². The van der Waals surface area contributed by atoms with Gasteiger partial charge in [0.05, 0.1) is 18.1 Å². The summed E-state index contributed by atoms with van der Waals surface area (Å²) in [4.78, 5) is 12.4. The van der Waals surface area contributed by atoms with Crippen molar-refractivity contribution in [2.45, 2.75) is 0 Å². The summed E-state index contributed by atoms with van der Waals surface area (Å²) in [7, 11) is 0. The number of non-ortho nitro benzene ring substituents is 1. The van der Waals surface area contributed by atoms with Crippen molar-refractivity contribution in [3.8, 4) is 0 Å². The maximum atomic E-state index is 10.6. The van der Waals surface area contributed by atoms with Crippen LogP contribution in [0.25, 0.3) is 5.57 Å². The van der Waals surface area contributed by atoms with E-state index in [-0.39, 0.29) is 5.69 Å². The van der Waals surface area contributed by atoms with E-state index in [0.29, 0.717) is 0 Å². The normalized spacial score (nSPS) is 16.4. The van der Waals surface area contributed by atoms with Gasteiger partial charge in [0.15, 0.2) is 0 Å². The first-order valence-electron chi connectivity index (χ1n) is 5.89. The summed E-state index contributed by atoms with van der Waals surface area (Å²) in [6.07, 6.45) is 0. The third-order valence-electron chi connectivity index (χ3n) is 3.00. The Hall–Kier alpha value is -1.72. The molecule has 2 rings (SSSR count). The van der Waals surface area contributed by atoms with Crippen LogP contribution in [-0.4, -0.2) is 42.7 Å². The van der Waals surface area contributed by atoms with Crippen molar-refractivity contribution in [3.63, 3.8) is 0 Å². The average molecular weight is 248 g/mol. The fraction of sp³-hybridized carbons (Fsp3) is 0.385. The Kier molecular flexibility index (Phi) is 4.07. The third-order valence-corrected chi connectivity index (χ3v) is 3.00. The summed E-state index contributed by atoms with van der Waals surface area (Å²) in [6.45, 7) is 8.15. The lowest BCUT2D eigenvalue weighted by Crippen LogP contribution is -2.37. The van der Waals surface area contributed by atoms with Crippen molar-refractivity contribution in [3.05, 3.63) is 46.5 Å². The summed E-state index contributed by atoms with van der Waals surface area (Å²) in [5, 5.41) is 10.6. The second-order valence-corrected chi connectivity index (χ2v) is 4.30. The lowest BCUT2D eigenvalue weighted by molar-refractivity contribution is -0.384. The molecule has 0 unspecified atom stereocenters. The summed E-state index contributed by atoms with van der Waals surface area (Å²) < 4.78 is 5.28. The standard InChI is InChI=1S/C13H16N2O3/c1-11(10-14-6-8-18-9-7-14)12-2-4-13(5-3-12)15(16)17/h2-5H,1,6-10H2. The van der Waals surface area contributed by atoms with Gasteiger partial charge in [-0.15, -0.1) is 0 Å². The number of benzene rings is 1. The molecule has 5 heteroatoms. The molecule has 1 saturated heterocycles. The Morgan fingerprint density at radius 1 is 1.33 bits per heavy atom. The second kappa shape index (κ2) is 5.75. The molecule has 1 aliphatic heterocycles. The van der Waals surface area contributed by atoms with Gasteiger partial charge < -0.3 is 4.74 Å². The van der Waals surface area contributed by atoms with Gasteiger partial charge in [-0.2, -0.15) is 0 Å². The fourth-order valence-corrected chi connectivity index (χ4v) is 1.94. The number of rotatable bonds is 4. The van der Waals surface area contributed by atoms with E-state index in [2.05, 4.69) is 11.5 Å². The van der Waals surface area contributed by atoms with E-state index in [0.717, 1.165) is 44.0 Å². The molecule has 5 nitrogen and oxygen atoms in total. The highest BCUT2D eigenvalue weighted by atomic mass is 16.6. The average Bonchev–Trinajstić information content (AvgIpc) is 2.40. The molecule has 1 fully saturated rings. The summed E-state index contributed by atoms with van der Waals surface area (Å²) >= 11 is 0. The van der Waals surface area contributed by atoms with Crippen molar-refractivity contribution < 1.29 is 9.66 Å². The van der Waals surface area contributed by atoms with Crippen LogP contribution in [0.4, 0.5) is 5.69 Å². The topological polar surface area (TPSA) is 55.6 Å². The van der Waals surface area contributed by atoms with Gasteiger partial charge in [-0.25, -0.2) is 0 Å². The molecule has 0 radical (unpaired) electrons. The molecule has 0 atom stereocenters. The minimum Gasteiger partial charge on any atom is -0.379 e. The molecule has 0 saturated carbocycles. The van der Waals surface area contributed by atoms with Gasteiger partial charge in [0.25, 0.3) is 5.69 Å². The van der Waals surface area contributed by atoms with Crippen molar-refractivity contribution >= 4 is 11.3 Å². The maximum Gasteiger partial charge on any atom is 0.269 e. The number of morpholine rings is 1. The van der Waals surface area contributed by atoms with Crippen LogP contribution in [0.5, 0.6) is 0 Å². The first-order chi connectivity index (χ1) is 8.66. The highest BCUT2D eigenvalue weighted by molar-refractivity contribution is 5.65. The molecule has 1 aromatic carbocycles. The zero-order valence-corrected chi connectivity index (χ0v) is 10.2. The predicted octanol–water partition coefficient (Wildman–Crippen LogP) is 1.94. The Morgan fingerprint density at radius 2 is 1.94 bits per heavy atom. The van der Waals surface area contributed by atoms with Crippen molar-refractivity contribution in [1.82, 2.24) is 4.90 Å². The number of nitro groups is 1. The summed E-state index contributed by atoms with van der Waals surface area (Å²) in [5.74, 6) is 0. The molecule has 1 heterocycles. The number of ether oxygens (including phenoxy) is 1. The SMILES string of the molecule is C=C(CN1CCOCC1)c1ccc([N+](=O)[O-])cc1. The zero-order chi connectivity index (χ0) is 13.0. The second-order valence-electron chi connectivity index (χ2n) is 4.30. The lowest BCUT2D eigenvalue weighted by Gasteiger charge is -2.27. The van der Waals surface area contributed by atoms with Crippen LogP contribution in [0.3, 0.4) is 0 Å². The largest absolute Gasteiger partial charge is 0.379 e. The molecule has 0 bridgehead atoms. The molecule has 0 amide bonds. The van der Waals surface area contributed by atoms with Crippen LogP contribution in [0.2, 0.25) is 0 Å². The molecular formula is C13H16N2O3. The van der Waals surface area contributed by atoms with Crippen LogP contribution >= 0.6 is 0 Å². The van der Waals surface area contributed by atoms with Crippen molar-refractivity contribution in [2.24, 2.45) is 0 Å². The minimum absolute atomic E-state index is 0.109. The number of hydrogen-bond acceptors (Lipinski definition) is 4. The van der Waals surface area contributed by atoms with Gasteiger partial charge >= 0.3 is 0 Å². The molecule has 0 aliphatic carbocycles. The van der Waals surface area contributed by atoms with Crippen molar-refractivity contribution in [1.29, 1.82) is 0 Å². The van der Waals surface area contributed by atoms with Gasteiger partial charge in [0, 0.05) is 31.8 Å². The predicted molar refractivity (Wildman–Crippen MR) is 69.4 cm³/mol. The van der Waals surface area contributed by atoms with E-state index in [1.165, 1.54) is 12.1 Å². The number of hydrogen-bond donors (Lipinski definition) is 0. The van der Waals surface area contributed by atoms with Crippen LogP contribution in [-0.2, 0) is 4.74 Å². The number of nitro benzene ring substituents is 1. The van der Waals surface area contributed by atoms with Crippen LogP contribution < -0.4 is 0 Å². The Morgan fingerprint density at radius 3 is 2.50 bits per heavy atom. The Labute approximate surface area is 106 Å². The fourth-order valence-electron chi connectivity index (χ4n) is 1.94. The number of nitrogens with zero attached hydrogens (tertiary/aromatic N) is 2. The zero-order valence-electron chi connectivity index (χ0n) is 10.2. The third kappa shape index (κ3) is 3.15. The molecule has 0 aromatic heterocycles. The van der Waals surface area contributed by atoms with E-state index < -0.39 is 4.92 Å². The van der Waals surface area contributed by atoms with Gasteiger partial charge in [-0.05, 0) is 23.3 Å². The van der Waals surface area contributed by atoms with E-state index >= 15 is 0 Å². The molecule has 0 spiro atoms. The van der Waals surface area contributed by atoms with E-state index in [9.17, 15) is 10.1 Å². The van der Waals surface area contributed by atoms with Crippen molar-refractivity contribution in [2.75, 3.05) is 32.8 Å². The van der Waals surface area contributed by atoms with Crippen LogP contribution in [0.15, 0.2) is 30.8 Å². The van der Waals surface area contributed by atoms with Gasteiger partial charge in [-0.3, -0.25) is 15.0 Å². The van der Waals surface area contributed by atoms with Gasteiger partial charge in [0.2, 0.25) is 0 Å². The molecule has 0 N–H and O–H groups in total. The highest BCUT2D eigenvalue weighted by Gasteiger charge is 2.12. The monoisotopic (exact) mass is 248 g/mol. The van der Waals surface area contributed by atoms with Gasteiger partial charge in [-0.1, -0.05) is 6.58 Å². The molecular weight excluding hydrogens is 232 g/mol. The smallest absolute Gasteiger partial charge is 0.269 e. The van der Waals surface area contributed by atoms with E-state index in [1.807, 2.05) is 0 Å². The molecule has 1 aliphatic rings. The molecule has 1 aromatic rings. The van der Waals surface area contributed by atoms with Crippen LogP contribution in [0, 0.1) is 10.1 Å².